The lowest BCUT2D eigenvalue weighted by Crippen LogP contribution is -2.43. The van der Waals surface area contributed by atoms with Crippen LogP contribution in [0.5, 0.6) is 0 Å². The van der Waals surface area contributed by atoms with Crippen LogP contribution in [-0.4, -0.2) is 64.9 Å². The van der Waals surface area contributed by atoms with Crippen molar-refractivity contribution in [2.75, 3.05) is 19.8 Å². The van der Waals surface area contributed by atoms with Crippen molar-refractivity contribution in [3.8, 4) is 0 Å². The molecule has 0 aromatic rings. The van der Waals surface area contributed by atoms with Crippen molar-refractivity contribution in [2.24, 2.45) is 0 Å². The van der Waals surface area contributed by atoms with Crippen molar-refractivity contribution < 1.29 is 47.8 Å². The first-order valence-corrected chi connectivity index (χ1v) is 27.1. The summed E-state index contributed by atoms with van der Waals surface area (Å²) < 4.78 is 26.9. The van der Waals surface area contributed by atoms with E-state index in [9.17, 15) is 34.1 Å². The second-order valence-electron chi connectivity index (χ2n) is 16.6. The predicted octanol–water partition coefficient (Wildman–Crippen LogP) is 14.3. The fourth-order valence-corrected chi connectivity index (χ4v) is 7.07. The van der Waals surface area contributed by atoms with Gasteiger partial charge in [0.2, 0.25) is 5.91 Å². The summed E-state index contributed by atoms with van der Waals surface area (Å²) in [4.78, 5) is 46.1. The predicted molar refractivity (Wildman–Crippen MR) is 281 cm³/mol. The molecule has 0 radical (unpaired) electrons. The fraction of sp³-hybridized carbons (Fsp3) is 0.589. The normalized spacial score (nSPS) is 14.5. The summed E-state index contributed by atoms with van der Waals surface area (Å²) in [7, 11) is -4.79. The van der Waals surface area contributed by atoms with Crippen LogP contribution in [0.4, 0.5) is 0 Å². The third kappa shape index (κ3) is 48.3. The average molecular weight is 968 g/mol. The number of phosphoric ester groups is 1. The third-order valence-electron chi connectivity index (χ3n) is 10.2. The number of allylic oxidation sites excluding steroid dienone is 20. The first-order valence-electron chi connectivity index (χ1n) is 25.6. The van der Waals surface area contributed by atoms with E-state index in [4.69, 9.17) is 13.8 Å². The van der Waals surface area contributed by atoms with E-state index < -0.39 is 57.6 Å². The number of carbonyl (C=O) groups is 3. The quantitative estimate of drug-likeness (QED) is 0.0199. The van der Waals surface area contributed by atoms with Crippen LogP contribution < -0.4 is 5.32 Å². The average Bonchev–Trinajstić information content (AvgIpc) is 3.32. The van der Waals surface area contributed by atoms with Gasteiger partial charge in [-0.3, -0.25) is 18.6 Å². The molecule has 0 heterocycles. The maximum atomic E-state index is 12.4. The highest BCUT2D eigenvalue weighted by Crippen LogP contribution is 2.43. The van der Waals surface area contributed by atoms with Gasteiger partial charge in [-0.15, -0.1) is 0 Å². The van der Waals surface area contributed by atoms with E-state index in [1.807, 2.05) is 0 Å². The van der Waals surface area contributed by atoms with E-state index in [1.165, 1.54) is 25.7 Å². The molecular weight excluding hydrogens is 878 g/mol. The number of aliphatic carboxylic acids is 1. The summed E-state index contributed by atoms with van der Waals surface area (Å²) in [5.41, 5.74) is 0. The SMILES string of the molecule is CC/C=C\C/C=C\C/C=C\C/C=C\C/C=C\C/C=C\CCCCCCC(=O)OCC(O)COP(=O)(O)OCC(NC(=O)CCCCCCC/C=C\C/C=C\C/C=C\C/C=C\CCCCC)C(=O)O. The lowest BCUT2D eigenvalue weighted by molar-refractivity contribution is -0.147. The molecule has 0 spiro atoms. The molecule has 11 nitrogen and oxygen atoms in total. The third-order valence-corrected chi connectivity index (χ3v) is 11.2. The number of hydrogen-bond acceptors (Lipinski definition) is 8. The van der Waals surface area contributed by atoms with Crippen LogP contribution in [0.25, 0.3) is 0 Å². The molecule has 12 heteroatoms. The highest BCUT2D eigenvalue weighted by molar-refractivity contribution is 7.47. The van der Waals surface area contributed by atoms with E-state index in [0.717, 1.165) is 116 Å². The zero-order valence-corrected chi connectivity index (χ0v) is 42.7. The topological polar surface area (TPSA) is 169 Å². The zero-order chi connectivity index (χ0) is 49.9. The lowest BCUT2D eigenvalue weighted by atomic mass is 10.1. The number of nitrogens with one attached hydrogen (secondary N) is 1. The van der Waals surface area contributed by atoms with Gasteiger partial charge in [0.1, 0.15) is 12.7 Å². The molecule has 0 saturated heterocycles. The van der Waals surface area contributed by atoms with Crippen LogP contribution in [0.2, 0.25) is 0 Å². The molecule has 0 aromatic carbocycles. The summed E-state index contributed by atoms with van der Waals surface area (Å²) in [6.45, 7) is 2.41. The number of ether oxygens (including phenoxy) is 1. The first kappa shape index (κ1) is 63.9. The highest BCUT2D eigenvalue weighted by atomic mass is 31.2. The molecule has 3 atom stereocenters. The summed E-state index contributed by atoms with van der Waals surface area (Å²) >= 11 is 0. The second kappa shape index (κ2) is 49.3. The molecule has 4 N–H and O–H groups in total. The number of carboxylic acids is 1. The molecule has 0 aliphatic heterocycles. The minimum atomic E-state index is -4.79. The van der Waals surface area contributed by atoms with Crippen LogP contribution in [0.15, 0.2) is 122 Å². The smallest absolute Gasteiger partial charge is 0.472 e. The van der Waals surface area contributed by atoms with Gasteiger partial charge >= 0.3 is 19.8 Å². The van der Waals surface area contributed by atoms with Crippen LogP contribution in [0, 0.1) is 0 Å². The minimum Gasteiger partial charge on any atom is -0.480 e. The largest absolute Gasteiger partial charge is 0.480 e. The van der Waals surface area contributed by atoms with Crippen LogP contribution in [0.1, 0.15) is 181 Å². The molecule has 384 valence electrons. The Labute approximate surface area is 411 Å². The number of aliphatic hydroxyl groups is 1. The van der Waals surface area contributed by atoms with Crippen molar-refractivity contribution >= 4 is 25.7 Å². The van der Waals surface area contributed by atoms with E-state index in [2.05, 4.69) is 141 Å². The number of aliphatic hydroxyl groups excluding tert-OH is 1. The molecule has 1 amide bonds. The number of unbranched alkanes of at least 4 members (excludes halogenated alkanes) is 12. The van der Waals surface area contributed by atoms with Crippen LogP contribution in [0.3, 0.4) is 0 Å². The van der Waals surface area contributed by atoms with Crippen molar-refractivity contribution in [3.63, 3.8) is 0 Å². The highest BCUT2D eigenvalue weighted by Gasteiger charge is 2.28. The number of carbonyl (C=O) groups excluding carboxylic acids is 2. The molecule has 3 unspecified atom stereocenters. The number of amides is 1. The lowest BCUT2D eigenvalue weighted by Gasteiger charge is -2.18. The Hall–Kier alpha value is -4.12. The maximum Gasteiger partial charge on any atom is 0.472 e. The molecule has 0 saturated carbocycles. The van der Waals surface area contributed by atoms with Crippen LogP contribution in [-0.2, 0) is 32.7 Å². The number of carboxylic acid groups (broad SMARTS) is 1. The Kier molecular flexibility index (Phi) is 46.3. The Balaban J connectivity index is 3.95. The van der Waals surface area contributed by atoms with Gasteiger partial charge in [-0.25, -0.2) is 9.36 Å². The molecule has 0 aromatic heterocycles. The first-order chi connectivity index (χ1) is 33.1. The standard InChI is InChI=1S/C56H90NO10P/c1-3-5-7-9-11-13-15-17-19-21-23-25-26-28-30-32-34-36-38-40-42-44-46-48-55(60)65-49-52(58)50-66-68(63,64)67-51-53(56(61)62)57-54(59)47-45-43-41-39-37-35-33-31-29-27-24-22-20-18-16-14-12-10-8-6-4-2/h5,7,11-14,17-20,23-25,27-28,30-31,33-34,36,52-53,58H,3-4,6,8-10,15-16,21-22,26,29,32,35,37-51H2,1-2H3,(H,57,59)(H,61,62)(H,63,64)/b7-5-,13-11-,14-12-,19-17-,20-18-,25-23-,27-24-,30-28-,33-31-,36-34-. The van der Waals surface area contributed by atoms with Gasteiger partial charge in [0.05, 0.1) is 13.2 Å². The monoisotopic (exact) mass is 968 g/mol. The van der Waals surface area contributed by atoms with Crippen molar-refractivity contribution in [1.29, 1.82) is 0 Å². The Bertz CT molecular complexity index is 1610. The van der Waals surface area contributed by atoms with Crippen LogP contribution >= 0.6 is 7.82 Å². The zero-order valence-electron chi connectivity index (χ0n) is 41.9. The van der Waals surface area contributed by atoms with Crippen molar-refractivity contribution in [3.05, 3.63) is 122 Å². The number of hydrogen-bond donors (Lipinski definition) is 4. The van der Waals surface area contributed by atoms with E-state index in [1.54, 1.807) is 0 Å². The van der Waals surface area contributed by atoms with Gasteiger partial charge in [0.25, 0.3) is 0 Å². The Morgan fingerprint density at radius 2 is 0.853 bits per heavy atom. The van der Waals surface area contributed by atoms with Gasteiger partial charge in [-0.1, -0.05) is 180 Å². The maximum absolute atomic E-state index is 12.4. The Morgan fingerprint density at radius 1 is 0.485 bits per heavy atom. The summed E-state index contributed by atoms with van der Waals surface area (Å²) in [6.07, 6.45) is 66.4. The second-order valence-corrected chi connectivity index (χ2v) is 18.1. The van der Waals surface area contributed by atoms with Gasteiger partial charge in [-0.2, -0.15) is 0 Å². The van der Waals surface area contributed by atoms with Gasteiger partial charge in [-0.05, 0) is 109 Å². The summed E-state index contributed by atoms with van der Waals surface area (Å²) in [6, 6.07) is -1.57. The fourth-order valence-electron chi connectivity index (χ4n) is 6.30. The van der Waals surface area contributed by atoms with Crippen molar-refractivity contribution in [1.82, 2.24) is 5.32 Å². The van der Waals surface area contributed by atoms with Gasteiger partial charge in [0, 0.05) is 12.8 Å². The Morgan fingerprint density at radius 3 is 1.28 bits per heavy atom. The van der Waals surface area contributed by atoms with Gasteiger partial charge in [0.15, 0.2) is 6.04 Å². The van der Waals surface area contributed by atoms with Gasteiger partial charge < -0.3 is 25.2 Å². The van der Waals surface area contributed by atoms with Crippen molar-refractivity contribution in [2.45, 2.75) is 193 Å². The molecule has 0 aliphatic carbocycles. The molecule has 0 fully saturated rings. The number of esters is 1. The molecular formula is C56H90NO10P. The molecule has 0 aliphatic rings. The summed E-state index contributed by atoms with van der Waals surface area (Å²) in [5, 5.41) is 21.9. The number of rotatable bonds is 46. The number of phosphoric acid groups is 1. The van der Waals surface area contributed by atoms with E-state index in [-0.39, 0.29) is 12.8 Å². The molecule has 0 bridgehead atoms. The summed E-state index contributed by atoms with van der Waals surface area (Å²) in [5.74, 6) is -2.44. The van der Waals surface area contributed by atoms with E-state index in [0.29, 0.717) is 12.8 Å². The molecule has 68 heavy (non-hydrogen) atoms. The molecule has 0 rings (SSSR count). The minimum absolute atomic E-state index is 0.115. The van der Waals surface area contributed by atoms with E-state index >= 15 is 0 Å².